The van der Waals surface area contributed by atoms with Crippen LogP contribution in [0.1, 0.15) is 11.1 Å². The molecule has 0 aliphatic heterocycles. The number of nitrogens with zero attached hydrogens (tertiary/aromatic N) is 3. The molecule has 0 atom stereocenters. The summed E-state index contributed by atoms with van der Waals surface area (Å²) < 4.78 is 6.90. The number of hydrazone groups is 1. The Morgan fingerprint density at radius 2 is 1.78 bits per heavy atom. The van der Waals surface area contributed by atoms with Crippen LogP contribution < -0.4 is 10.2 Å². The number of aromatic nitrogens is 2. The lowest BCUT2D eigenvalue weighted by Crippen LogP contribution is -2.19. The molecule has 3 aromatic carbocycles. The molecular weight excluding hydrogens is 460 g/mol. The van der Waals surface area contributed by atoms with Crippen molar-refractivity contribution in [2.45, 2.75) is 14.4 Å². The molecule has 0 radical (unpaired) electrons. The van der Waals surface area contributed by atoms with Gasteiger partial charge in [-0.25, -0.2) is 5.43 Å². The standard InChI is InChI=1S/C23H20N4O2S3/c1-29-20-12-5-3-8-17(20)13-24-25-21(28)15-31-23-27-26-22(32-23)30-14-18-10-6-9-16-7-2-4-11-19(16)18/h2-13H,14-15H2,1H3,(H,25,28)/b24-13+. The highest BCUT2D eigenvalue weighted by Crippen LogP contribution is 2.32. The Kier molecular flexibility index (Phi) is 7.76. The summed E-state index contributed by atoms with van der Waals surface area (Å²) >= 11 is 4.50. The zero-order valence-electron chi connectivity index (χ0n) is 17.2. The molecule has 0 aliphatic rings. The molecule has 6 nitrogen and oxygen atoms in total. The van der Waals surface area contributed by atoms with E-state index < -0.39 is 0 Å². The lowest BCUT2D eigenvalue weighted by Gasteiger charge is -2.04. The van der Waals surface area contributed by atoms with Gasteiger partial charge in [0.25, 0.3) is 5.91 Å². The fourth-order valence-electron chi connectivity index (χ4n) is 2.98. The summed E-state index contributed by atoms with van der Waals surface area (Å²) in [6.07, 6.45) is 1.56. The minimum Gasteiger partial charge on any atom is -0.496 e. The number of thioether (sulfide) groups is 2. The topological polar surface area (TPSA) is 76.5 Å². The summed E-state index contributed by atoms with van der Waals surface area (Å²) in [5.74, 6) is 1.52. The van der Waals surface area contributed by atoms with Gasteiger partial charge in [-0.1, -0.05) is 89.5 Å². The van der Waals surface area contributed by atoms with E-state index >= 15 is 0 Å². The third-order valence-corrected chi connectivity index (χ3v) is 7.72. The van der Waals surface area contributed by atoms with Gasteiger partial charge in [-0.15, -0.1) is 10.2 Å². The second kappa shape index (κ2) is 11.1. The maximum absolute atomic E-state index is 12.1. The first-order valence-corrected chi connectivity index (χ1v) is 12.5. The van der Waals surface area contributed by atoms with Crippen molar-refractivity contribution in [3.63, 3.8) is 0 Å². The van der Waals surface area contributed by atoms with Crippen LogP contribution in [0.15, 0.2) is 80.5 Å². The monoisotopic (exact) mass is 480 g/mol. The molecule has 0 saturated heterocycles. The lowest BCUT2D eigenvalue weighted by atomic mass is 10.1. The first-order chi connectivity index (χ1) is 15.7. The summed E-state index contributed by atoms with van der Waals surface area (Å²) in [6, 6.07) is 22.2. The molecule has 32 heavy (non-hydrogen) atoms. The molecule has 0 unspecified atom stereocenters. The van der Waals surface area contributed by atoms with E-state index in [0.717, 1.165) is 20.0 Å². The third kappa shape index (κ3) is 5.87. The van der Waals surface area contributed by atoms with Gasteiger partial charge in [-0.05, 0) is 28.5 Å². The van der Waals surface area contributed by atoms with E-state index in [1.54, 1.807) is 25.1 Å². The summed E-state index contributed by atoms with van der Waals surface area (Å²) in [4.78, 5) is 12.1. The Morgan fingerprint density at radius 1 is 1.03 bits per heavy atom. The first-order valence-electron chi connectivity index (χ1n) is 9.73. The number of benzene rings is 3. The number of para-hydroxylation sites is 1. The Hall–Kier alpha value is -2.88. The van der Waals surface area contributed by atoms with Crippen LogP contribution in [0.5, 0.6) is 5.75 Å². The molecular formula is C23H20N4O2S3. The van der Waals surface area contributed by atoms with Crippen LogP contribution in [0.25, 0.3) is 10.8 Å². The minimum atomic E-state index is -0.207. The number of fused-ring (bicyclic) bond motifs is 1. The number of amides is 1. The lowest BCUT2D eigenvalue weighted by molar-refractivity contribution is -0.118. The van der Waals surface area contributed by atoms with Crippen molar-refractivity contribution in [2.24, 2.45) is 5.10 Å². The average molecular weight is 481 g/mol. The van der Waals surface area contributed by atoms with Crippen LogP contribution in [0.4, 0.5) is 0 Å². The minimum absolute atomic E-state index is 0.207. The van der Waals surface area contributed by atoms with Gasteiger partial charge in [0.05, 0.1) is 19.1 Å². The maximum atomic E-state index is 12.1. The van der Waals surface area contributed by atoms with Crippen molar-refractivity contribution in [3.8, 4) is 5.75 Å². The van der Waals surface area contributed by atoms with Gasteiger partial charge < -0.3 is 4.74 Å². The number of hydrogen-bond donors (Lipinski definition) is 1. The van der Waals surface area contributed by atoms with Crippen molar-refractivity contribution in [1.29, 1.82) is 0 Å². The van der Waals surface area contributed by atoms with E-state index in [0.29, 0.717) is 5.75 Å². The summed E-state index contributed by atoms with van der Waals surface area (Å²) in [7, 11) is 1.60. The van der Waals surface area contributed by atoms with E-state index in [4.69, 9.17) is 4.74 Å². The first kappa shape index (κ1) is 22.3. The van der Waals surface area contributed by atoms with Gasteiger partial charge in [-0.3, -0.25) is 4.79 Å². The molecule has 162 valence electrons. The van der Waals surface area contributed by atoms with Crippen molar-refractivity contribution in [2.75, 3.05) is 12.9 Å². The second-order valence-corrected chi connectivity index (χ2v) is 10.0. The molecule has 9 heteroatoms. The quantitative estimate of drug-likeness (QED) is 0.201. The number of rotatable bonds is 9. The largest absolute Gasteiger partial charge is 0.496 e. The highest BCUT2D eigenvalue weighted by Gasteiger charge is 2.09. The molecule has 0 fully saturated rings. The Bertz CT molecular complexity index is 1240. The number of carbonyl (C=O) groups is 1. The Balaban J connectivity index is 1.26. The predicted octanol–water partition coefficient (Wildman–Crippen LogP) is 5.23. The number of ether oxygens (including phenoxy) is 1. The molecule has 0 spiro atoms. The van der Waals surface area contributed by atoms with E-state index in [1.165, 1.54) is 39.4 Å². The molecule has 1 amide bonds. The molecule has 1 heterocycles. The zero-order chi connectivity index (χ0) is 22.2. The van der Waals surface area contributed by atoms with Gasteiger partial charge in [0.2, 0.25) is 0 Å². The van der Waals surface area contributed by atoms with Crippen molar-refractivity contribution < 1.29 is 9.53 Å². The summed E-state index contributed by atoms with van der Waals surface area (Å²) in [5.41, 5.74) is 4.59. The van der Waals surface area contributed by atoms with Crippen LogP contribution >= 0.6 is 34.9 Å². The third-order valence-electron chi connectivity index (χ3n) is 4.48. The molecule has 4 rings (SSSR count). The molecule has 0 aliphatic carbocycles. The van der Waals surface area contributed by atoms with Crippen LogP contribution in [-0.2, 0) is 10.5 Å². The highest BCUT2D eigenvalue weighted by molar-refractivity contribution is 8.03. The fourth-order valence-corrected chi connectivity index (χ4v) is 5.79. The number of carbonyl (C=O) groups excluding carboxylic acids is 1. The zero-order valence-corrected chi connectivity index (χ0v) is 19.7. The van der Waals surface area contributed by atoms with E-state index in [2.05, 4.69) is 57.1 Å². The highest BCUT2D eigenvalue weighted by atomic mass is 32.2. The molecule has 0 bridgehead atoms. The smallest absolute Gasteiger partial charge is 0.250 e. The van der Waals surface area contributed by atoms with Crippen LogP contribution in [0.2, 0.25) is 0 Å². The molecule has 0 saturated carbocycles. The van der Waals surface area contributed by atoms with Crippen LogP contribution in [-0.4, -0.2) is 35.2 Å². The SMILES string of the molecule is COc1ccccc1/C=N/NC(=O)CSc1nnc(SCc2cccc3ccccc23)s1. The average Bonchev–Trinajstić information content (AvgIpc) is 3.29. The predicted molar refractivity (Wildman–Crippen MR) is 133 cm³/mol. The fraction of sp³-hybridized carbons (Fsp3) is 0.130. The van der Waals surface area contributed by atoms with Crippen LogP contribution in [0.3, 0.4) is 0 Å². The van der Waals surface area contributed by atoms with Crippen molar-refractivity contribution in [3.05, 3.63) is 77.9 Å². The van der Waals surface area contributed by atoms with E-state index in [9.17, 15) is 4.79 Å². The van der Waals surface area contributed by atoms with Gasteiger partial charge in [-0.2, -0.15) is 5.10 Å². The molecule has 4 aromatic rings. The number of hydrogen-bond acceptors (Lipinski definition) is 8. The maximum Gasteiger partial charge on any atom is 0.250 e. The number of nitrogens with one attached hydrogen (secondary N) is 1. The molecule has 1 N–H and O–H groups in total. The normalized spacial score (nSPS) is 11.2. The summed E-state index contributed by atoms with van der Waals surface area (Å²) in [6.45, 7) is 0. The molecule has 1 aromatic heterocycles. The Labute approximate surface area is 198 Å². The van der Waals surface area contributed by atoms with Gasteiger partial charge >= 0.3 is 0 Å². The van der Waals surface area contributed by atoms with Crippen LogP contribution in [0, 0.1) is 0 Å². The van der Waals surface area contributed by atoms with E-state index in [1.807, 2.05) is 30.3 Å². The number of methoxy groups -OCH3 is 1. The van der Waals surface area contributed by atoms with Gasteiger partial charge in [0.1, 0.15) is 5.75 Å². The van der Waals surface area contributed by atoms with E-state index in [-0.39, 0.29) is 11.7 Å². The Morgan fingerprint density at radius 3 is 2.66 bits per heavy atom. The van der Waals surface area contributed by atoms with Crippen molar-refractivity contribution in [1.82, 2.24) is 15.6 Å². The van der Waals surface area contributed by atoms with Gasteiger partial charge in [0.15, 0.2) is 8.68 Å². The van der Waals surface area contributed by atoms with Gasteiger partial charge in [0, 0.05) is 11.3 Å². The second-order valence-electron chi connectivity index (χ2n) is 6.58. The summed E-state index contributed by atoms with van der Waals surface area (Å²) in [5, 5.41) is 14.9. The van der Waals surface area contributed by atoms with Crippen molar-refractivity contribution >= 4 is 57.8 Å².